The molecule has 0 radical (unpaired) electrons. The van der Waals surface area contributed by atoms with E-state index in [0.29, 0.717) is 26.3 Å². The van der Waals surface area contributed by atoms with Gasteiger partial charge in [0.2, 0.25) is 0 Å². The van der Waals surface area contributed by atoms with E-state index in [0.717, 1.165) is 126 Å². The molecule has 25 heteroatoms. The van der Waals surface area contributed by atoms with E-state index < -0.39 is 51.5 Å². The number of benzene rings is 9. The number of nitrogens with zero attached hydrogens (tertiary/aromatic N) is 4. The van der Waals surface area contributed by atoms with Gasteiger partial charge in [-0.25, -0.2) is 6.57 Å². The maximum atomic E-state index is 9.90. The average molecular weight is 1580 g/mol. The first kappa shape index (κ1) is 96.8. The minimum atomic E-state index is -6.00. The van der Waals surface area contributed by atoms with Gasteiger partial charge in [0.1, 0.15) is 65.9 Å². The van der Waals surface area contributed by atoms with Crippen LogP contribution in [0, 0.1) is 17.9 Å². The summed E-state index contributed by atoms with van der Waals surface area (Å²) >= 11 is 5.54. The summed E-state index contributed by atoms with van der Waals surface area (Å²) in [5, 5.41) is 71.6. The summed E-state index contributed by atoms with van der Waals surface area (Å²) in [4.78, 5) is 30.5. The van der Waals surface area contributed by atoms with Gasteiger partial charge in [0, 0.05) is 56.4 Å². The fraction of sp³-hybridized carbons (Fsp3) is 0.291. The zero-order valence-electron chi connectivity index (χ0n) is 63.9. The molecule has 11 rings (SSSR count). The third-order valence-corrected chi connectivity index (χ3v) is 23.1. The van der Waals surface area contributed by atoms with Crippen LogP contribution in [0.5, 0.6) is 23.0 Å². The Hall–Kier alpha value is -10.3. The Kier molecular flexibility index (Phi) is 48.9. The predicted molar refractivity (Wildman–Crippen MR) is 438 cm³/mol. The molecule has 9 aromatic carbocycles. The number of nitriles is 1. The van der Waals surface area contributed by atoms with E-state index in [1.807, 2.05) is 56.3 Å². The van der Waals surface area contributed by atoms with E-state index in [2.05, 4.69) is 221 Å². The number of azo groups is 1. The minimum Gasteiger partial charge on any atom is -0.550 e. The van der Waals surface area contributed by atoms with Gasteiger partial charge >= 0.3 is 12.9 Å². The van der Waals surface area contributed by atoms with Gasteiger partial charge in [-0.15, -0.1) is 5.11 Å². The van der Waals surface area contributed by atoms with Crippen molar-refractivity contribution in [1.82, 2.24) is 0 Å². The number of aliphatic carboxylic acids is 3. The van der Waals surface area contributed by atoms with Gasteiger partial charge in [0.25, 0.3) is 5.97 Å². The van der Waals surface area contributed by atoms with Gasteiger partial charge in [0.05, 0.1) is 30.0 Å². The van der Waals surface area contributed by atoms with Crippen LogP contribution in [0.15, 0.2) is 272 Å². The Morgan fingerprint density at radius 1 is 0.595 bits per heavy atom. The molecule has 9 N–H and O–H groups in total. The molecule has 0 aromatic heterocycles. The standard InChI is InChI=1S/C28H28NO2P.C18H15P.C14H20N4.C10H13NO2.C6H5Cl.C4H10O.3C2H4O2.BF4/c29-22-23-21-24(17-18-28(23)30)31-19-10-20-32(25-11-4-1-5-12-25,26-13-6-2-7-14-26)27-15-8-3-9-16-27;1-4-10-16(11-5-1)19(17-12-6-2-7-13-17)18-14-8-3-9-15-18;1-16-14(10-6-3-7-11-14)18-17-13(12-15)8-4-2-5-9-13;1-2-5-13-9-3-4-10(12)8(6-9)7-11;7-6-4-2-1-3-5-6;1-3-5-4-2;3*1-2(3)4;2-1(3,4)5/h1-9,11-18,21H,10,19-20,22,29H2;1-15H;2-11H2;2-4,6,12H,1,5,7,11H2;1-5H;3-4H2,1-2H3;3*1H3,(H,3,4);/q;;;;;;;;;-1/p+1. The number of carbonyl (C=O) groups is 3. The summed E-state index contributed by atoms with van der Waals surface area (Å²) in [6.07, 6.45) is 13.4. The fourth-order valence-corrected chi connectivity index (χ4v) is 17.7. The van der Waals surface area contributed by atoms with Crippen molar-refractivity contribution in [2.75, 3.05) is 32.6 Å². The lowest BCUT2D eigenvalue weighted by Crippen LogP contribution is -2.47. The molecule has 0 atom stereocenters. The molecule has 0 aliphatic heterocycles. The van der Waals surface area contributed by atoms with Gasteiger partial charge in [-0.1, -0.05) is 201 Å². The highest BCUT2D eigenvalue weighted by molar-refractivity contribution is 7.95. The van der Waals surface area contributed by atoms with Crippen molar-refractivity contribution in [2.24, 2.45) is 10.2 Å². The van der Waals surface area contributed by atoms with E-state index in [9.17, 15) is 32.7 Å². The largest absolute Gasteiger partial charge is 0.673 e. The SMILES string of the molecule is C=CCOc1ccc(O)c(C[NH3+])c1.CC(=O)O.CC(=O)[O-].CC(=O)[O-].CCOCC.Clc1ccccc1.F[B-](F)(F)F.[C-]#[N+]C1(N=NC2(C#N)CCCCC2)CCCCC1.[NH3+]Cc1cc(OCCC[P+](c2ccccc2)(c2ccccc2)c2ccccc2)ccc1O.c1ccc(P(c2ccccc2)c2ccccc2)cc1. The number of aromatic hydroxyl groups is 2. The Bertz CT molecular complexity index is 3860. The van der Waals surface area contributed by atoms with Crippen molar-refractivity contribution in [2.45, 2.75) is 130 Å². The number of hydrogen-bond acceptors (Lipinski definition) is 13. The molecule has 2 fully saturated rings. The number of hydrogen-bond donors (Lipinski definition) is 5. The van der Waals surface area contributed by atoms with Crippen molar-refractivity contribution in [1.29, 1.82) is 5.26 Å². The highest BCUT2D eigenvalue weighted by Gasteiger charge is 2.45. The lowest BCUT2D eigenvalue weighted by atomic mass is 9.84. The molecule has 592 valence electrons. The van der Waals surface area contributed by atoms with E-state index in [4.69, 9.17) is 62.1 Å². The molecule has 0 unspecified atom stereocenters. The Morgan fingerprint density at radius 3 is 1.21 bits per heavy atom. The minimum absolute atomic E-state index is 0.265. The molecule has 0 bridgehead atoms. The highest BCUT2D eigenvalue weighted by atomic mass is 35.5. The number of ether oxygens (including phenoxy) is 3. The number of phenolic OH excluding ortho intramolecular Hbond substituents is 2. The van der Waals surface area contributed by atoms with Crippen LogP contribution in [0.1, 0.15) is 116 Å². The number of carboxylic acid groups (broad SMARTS) is 3. The van der Waals surface area contributed by atoms with E-state index in [1.54, 1.807) is 30.3 Å². The zero-order chi connectivity index (χ0) is 82.2. The van der Waals surface area contributed by atoms with Crippen LogP contribution < -0.4 is 63.0 Å². The van der Waals surface area contributed by atoms with E-state index in [-0.39, 0.29) is 11.5 Å². The summed E-state index contributed by atoms with van der Waals surface area (Å²) < 4.78 is 55.2. The van der Waals surface area contributed by atoms with Gasteiger partial charge < -0.3 is 78.1 Å². The second-order valence-electron chi connectivity index (χ2n) is 24.4. The van der Waals surface area contributed by atoms with Crippen molar-refractivity contribution in [3.63, 3.8) is 0 Å². The molecule has 2 saturated carbocycles. The molecule has 2 aliphatic rings. The van der Waals surface area contributed by atoms with Gasteiger partial charge in [-0.3, -0.25) is 9.64 Å². The van der Waals surface area contributed by atoms with Gasteiger partial charge in [0.15, 0.2) is 5.54 Å². The molecule has 0 heterocycles. The van der Waals surface area contributed by atoms with Crippen LogP contribution in [0.3, 0.4) is 0 Å². The average Bonchev–Trinajstić information content (AvgIpc) is 0.761. The molecule has 111 heavy (non-hydrogen) atoms. The van der Waals surface area contributed by atoms with Crippen molar-refractivity contribution >= 4 is 83.8 Å². The number of carbonyl (C=O) groups excluding carboxylic acids is 2. The van der Waals surface area contributed by atoms with Gasteiger partial charge in [-0.2, -0.15) is 10.4 Å². The Labute approximate surface area is 658 Å². The van der Waals surface area contributed by atoms with E-state index in [1.165, 1.54) is 44.7 Å². The summed E-state index contributed by atoms with van der Waals surface area (Å²) in [7, 11) is -8.27. The molecular formula is C86H104BClF4N6O11P2. The van der Waals surface area contributed by atoms with Crippen LogP contribution in [0.4, 0.5) is 17.3 Å². The third-order valence-electron chi connectivity index (χ3n) is 15.9. The second kappa shape index (κ2) is 56.0. The van der Waals surface area contributed by atoms with Crippen LogP contribution in [0.2, 0.25) is 5.02 Å². The smallest absolute Gasteiger partial charge is 0.550 e. The summed E-state index contributed by atoms with van der Waals surface area (Å²) in [5.41, 5.74) is 7.89. The number of halogens is 5. The third kappa shape index (κ3) is 40.8. The molecule has 17 nitrogen and oxygen atoms in total. The number of quaternary nitrogens is 2. The first-order chi connectivity index (χ1) is 53.2. The first-order valence-corrected chi connectivity index (χ1v) is 39.9. The number of phenols is 2. The number of rotatable bonds is 20. The lowest BCUT2D eigenvalue weighted by molar-refractivity contribution is -0.387. The van der Waals surface area contributed by atoms with Crippen molar-refractivity contribution in [3.8, 4) is 29.1 Å². The fourth-order valence-electron chi connectivity index (χ4n) is 10.9. The maximum absolute atomic E-state index is 9.90. The van der Waals surface area contributed by atoms with Crippen molar-refractivity contribution < 1.29 is 82.9 Å². The molecule has 0 spiro atoms. The van der Waals surface area contributed by atoms with E-state index >= 15 is 0 Å². The predicted octanol–water partition coefficient (Wildman–Crippen LogP) is 14.6. The Balaban J connectivity index is 0.000000461. The molecule has 0 amide bonds. The van der Waals surface area contributed by atoms with Crippen molar-refractivity contribution in [3.05, 3.63) is 289 Å². The Morgan fingerprint density at radius 2 is 0.919 bits per heavy atom. The zero-order valence-corrected chi connectivity index (χ0v) is 66.4. The van der Waals surface area contributed by atoms with Crippen LogP contribution in [-0.2, 0) is 32.2 Å². The highest BCUT2D eigenvalue weighted by Crippen LogP contribution is 2.56. The second-order valence-corrected chi connectivity index (χ2v) is 30.7. The molecule has 2 aliphatic carbocycles. The maximum Gasteiger partial charge on any atom is 0.673 e. The topological polar surface area (TPSA) is 294 Å². The van der Waals surface area contributed by atoms with Crippen LogP contribution in [0.25, 0.3) is 4.85 Å². The lowest BCUT2D eigenvalue weighted by Gasteiger charge is -2.27. The number of carboxylic acids is 3. The normalized spacial score (nSPS) is 12.6. The molecular weight excluding hydrogens is 1480 g/mol. The summed E-state index contributed by atoms with van der Waals surface area (Å²) in [5.74, 6) is -0.948. The van der Waals surface area contributed by atoms with Gasteiger partial charge in [-0.05, 0) is 175 Å². The molecule has 9 aromatic rings. The first-order valence-electron chi connectivity index (χ1n) is 36.2. The molecule has 0 saturated heterocycles. The van der Waals surface area contributed by atoms with Crippen LogP contribution >= 0.6 is 26.8 Å². The van der Waals surface area contributed by atoms with Crippen LogP contribution in [-0.4, -0.2) is 84.3 Å². The quantitative estimate of drug-likeness (QED) is 0.00905. The monoisotopic (exact) mass is 1580 g/mol. The summed E-state index contributed by atoms with van der Waals surface area (Å²) in [6, 6.07) is 87.4. The summed E-state index contributed by atoms with van der Waals surface area (Å²) in [6.45, 7) is 21.8.